The monoisotopic (exact) mass is 567 g/mol. The van der Waals surface area contributed by atoms with Crippen LogP contribution < -0.4 is 14.8 Å². The Hall–Kier alpha value is -4.26. The van der Waals surface area contributed by atoms with Crippen molar-refractivity contribution in [3.63, 3.8) is 0 Å². The van der Waals surface area contributed by atoms with Crippen molar-refractivity contribution in [1.29, 1.82) is 0 Å². The number of methoxy groups -OCH3 is 2. The number of carbonyl (C=O) groups is 2. The number of hydrogen-bond acceptors (Lipinski definition) is 4. The Morgan fingerprint density at radius 2 is 1.69 bits per heavy atom. The summed E-state index contributed by atoms with van der Waals surface area (Å²) in [5.74, 6) is 1.07. The molecule has 220 valence electrons. The summed E-state index contributed by atoms with van der Waals surface area (Å²) < 4.78 is 10.9. The maximum Gasteiger partial charge on any atom is 0.247 e. The molecule has 1 fully saturated rings. The van der Waals surface area contributed by atoms with Gasteiger partial charge in [-0.15, -0.1) is 0 Å². The number of fused-ring (bicyclic) bond motifs is 1. The zero-order chi connectivity index (χ0) is 29.5. The summed E-state index contributed by atoms with van der Waals surface area (Å²) in [7, 11) is 3.22. The normalized spacial score (nSPS) is 14.4. The van der Waals surface area contributed by atoms with Gasteiger partial charge in [-0.05, 0) is 61.1 Å². The molecule has 7 heteroatoms. The molecule has 5 rings (SSSR count). The molecule has 2 N–H and O–H groups in total. The van der Waals surface area contributed by atoms with Crippen LogP contribution in [-0.4, -0.2) is 48.5 Å². The first kappa shape index (κ1) is 29.2. The highest BCUT2D eigenvalue weighted by Gasteiger charge is 2.33. The molecule has 1 saturated carbocycles. The van der Waals surface area contributed by atoms with E-state index in [-0.39, 0.29) is 24.3 Å². The highest BCUT2D eigenvalue weighted by atomic mass is 16.5. The summed E-state index contributed by atoms with van der Waals surface area (Å²) in [5.41, 5.74) is 4.82. The first-order valence-electron chi connectivity index (χ1n) is 14.9. The van der Waals surface area contributed by atoms with Crippen LogP contribution in [0.25, 0.3) is 10.9 Å². The second-order valence-corrected chi connectivity index (χ2v) is 11.2. The molecule has 0 saturated heterocycles. The maximum absolute atomic E-state index is 14.3. The Kier molecular flexibility index (Phi) is 9.47. The molecule has 1 aromatic heterocycles. The third kappa shape index (κ3) is 6.78. The largest absolute Gasteiger partial charge is 0.493 e. The third-order valence-corrected chi connectivity index (χ3v) is 8.33. The molecule has 3 aromatic carbocycles. The number of benzene rings is 3. The summed E-state index contributed by atoms with van der Waals surface area (Å²) in [6, 6.07) is 21.1. The van der Waals surface area contributed by atoms with E-state index in [1.165, 1.54) is 6.42 Å². The van der Waals surface area contributed by atoms with E-state index in [4.69, 9.17) is 9.47 Å². The fourth-order valence-corrected chi connectivity index (χ4v) is 5.97. The van der Waals surface area contributed by atoms with Crippen molar-refractivity contribution >= 4 is 22.7 Å². The van der Waals surface area contributed by atoms with Gasteiger partial charge in [-0.25, -0.2) is 0 Å². The molecule has 1 aliphatic carbocycles. The van der Waals surface area contributed by atoms with Gasteiger partial charge in [0, 0.05) is 29.7 Å². The maximum atomic E-state index is 14.3. The molecular weight excluding hydrogens is 526 g/mol. The van der Waals surface area contributed by atoms with E-state index in [1.54, 1.807) is 19.1 Å². The smallest absolute Gasteiger partial charge is 0.247 e. The molecule has 2 amide bonds. The van der Waals surface area contributed by atoms with Crippen molar-refractivity contribution in [1.82, 2.24) is 15.2 Å². The summed E-state index contributed by atoms with van der Waals surface area (Å²) >= 11 is 0. The van der Waals surface area contributed by atoms with Crippen LogP contribution in [-0.2, 0) is 22.4 Å². The van der Waals surface area contributed by atoms with Gasteiger partial charge in [0.25, 0.3) is 0 Å². The fourth-order valence-electron chi connectivity index (χ4n) is 5.97. The Labute approximate surface area is 248 Å². The number of nitrogens with one attached hydrogen (secondary N) is 2. The van der Waals surface area contributed by atoms with Crippen molar-refractivity contribution in [2.24, 2.45) is 0 Å². The Bertz CT molecular complexity index is 1500. The minimum Gasteiger partial charge on any atom is -0.493 e. The van der Waals surface area contributed by atoms with Crippen LogP contribution in [0.3, 0.4) is 0 Å². The molecule has 4 aromatic rings. The number of rotatable bonds is 11. The number of para-hydroxylation sites is 1. The number of aromatic nitrogens is 1. The number of nitrogens with zero attached hydrogens (tertiary/aromatic N) is 1. The van der Waals surface area contributed by atoms with Gasteiger partial charge in [-0.1, -0.05) is 73.4 Å². The second kappa shape index (κ2) is 13.6. The van der Waals surface area contributed by atoms with Crippen LogP contribution in [0.5, 0.6) is 11.5 Å². The Morgan fingerprint density at radius 3 is 2.43 bits per heavy atom. The first-order valence-corrected chi connectivity index (χ1v) is 14.9. The predicted molar refractivity (Wildman–Crippen MR) is 166 cm³/mol. The number of H-pyrrole nitrogens is 1. The topological polar surface area (TPSA) is 83.7 Å². The Balaban J connectivity index is 1.49. The number of carbonyl (C=O) groups excluding carboxylic acids is 2. The van der Waals surface area contributed by atoms with Crippen molar-refractivity contribution in [3.05, 3.63) is 95.2 Å². The van der Waals surface area contributed by atoms with Crippen LogP contribution in [0.15, 0.2) is 72.9 Å². The zero-order valence-corrected chi connectivity index (χ0v) is 24.8. The van der Waals surface area contributed by atoms with Gasteiger partial charge in [0.05, 0.1) is 20.6 Å². The van der Waals surface area contributed by atoms with E-state index in [0.29, 0.717) is 24.5 Å². The highest BCUT2D eigenvalue weighted by molar-refractivity contribution is 5.92. The van der Waals surface area contributed by atoms with Crippen molar-refractivity contribution in [3.8, 4) is 11.5 Å². The number of aryl methyl sites for hydroxylation is 1. The van der Waals surface area contributed by atoms with Gasteiger partial charge in [0.1, 0.15) is 6.04 Å². The van der Waals surface area contributed by atoms with Gasteiger partial charge in [-0.2, -0.15) is 0 Å². The summed E-state index contributed by atoms with van der Waals surface area (Å²) in [6.07, 6.45) is 8.02. The number of hydrogen-bond donors (Lipinski definition) is 2. The molecule has 0 spiro atoms. The molecule has 0 aliphatic heterocycles. The van der Waals surface area contributed by atoms with E-state index >= 15 is 0 Å². The van der Waals surface area contributed by atoms with Crippen LogP contribution in [0, 0.1) is 6.92 Å². The molecule has 1 heterocycles. The van der Waals surface area contributed by atoms with Crippen LogP contribution in [0.1, 0.15) is 60.4 Å². The standard InChI is InChI=1S/C35H41N3O4/c1-24-13-16-26(17-14-24)34(35(40)37-28-9-5-4-6-10-28)38(20-19-25-15-18-31(41-2)32(21-25)42-3)33(39)22-27-23-36-30-12-8-7-11-29(27)30/h7-8,11-18,21,23,28,34,36H,4-6,9-10,19-20,22H2,1-3H3,(H,37,40). The lowest BCUT2D eigenvalue weighted by Crippen LogP contribution is -2.48. The zero-order valence-electron chi connectivity index (χ0n) is 24.8. The summed E-state index contributed by atoms with van der Waals surface area (Å²) in [4.78, 5) is 33.4. The lowest BCUT2D eigenvalue weighted by Gasteiger charge is -2.33. The summed E-state index contributed by atoms with van der Waals surface area (Å²) in [5, 5.41) is 4.33. The average molecular weight is 568 g/mol. The van der Waals surface area contributed by atoms with Crippen LogP contribution in [0.2, 0.25) is 0 Å². The average Bonchev–Trinajstić information content (AvgIpc) is 3.42. The third-order valence-electron chi connectivity index (χ3n) is 8.33. The van der Waals surface area contributed by atoms with E-state index in [2.05, 4.69) is 10.3 Å². The molecule has 1 unspecified atom stereocenters. The van der Waals surface area contributed by atoms with Crippen molar-refractivity contribution in [2.75, 3.05) is 20.8 Å². The molecule has 0 bridgehead atoms. The molecule has 42 heavy (non-hydrogen) atoms. The lowest BCUT2D eigenvalue weighted by molar-refractivity contribution is -0.140. The predicted octanol–water partition coefficient (Wildman–Crippen LogP) is 6.30. The SMILES string of the molecule is COc1ccc(CCN(C(=O)Cc2c[nH]c3ccccc23)C(C(=O)NC2CCCCC2)c2ccc(C)cc2)cc1OC. The molecule has 1 atom stereocenters. The van der Waals surface area contributed by atoms with Gasteiger partial charge < -0.3 is 24.7 Å². The molecule has 0 radical (unpaired) electrons. The molecule has 7 nitrogen and oxygen atoms in total. The minimum atomic E-state index is -0.745. The van der Waals surface area contributed by atoms with E-state index in [9.17, 15) is 9.59 Å². The van der Waals surface area contributed by atoms with Gasteiger partial charge in [0.2, 0.25) is 11.8 Å². The molecular formula is C35H41N3O4. The van der Waals surface area contributed by atoms with E-state index in [1.807, 2.05) is 79.9 Å². The molecule has 1 aliphatic rings. The van der Waals surface area contributed by atoms with Crippen LogP contribution >= 0.6 is 0 Å². The first-order chi connectivity index (χ1) is 20.5. The van der Waals surface area contributed by atoms with Gasteiger partial charge >= 0.3 is 0 Å². The van der Waals surface area contributed by atoms with Gasteiger partial charge in [0.15, 0.2) is 11.5 Å². The number of ether oxygens (including phenoxy) is 2. The van der Waals surface area contributed by atoms with Crippen molar-refractivity contribution in [2.45, 2.75) is 64.0 Å². The highest BCUT2D eigenvalue weighted by Crippen LogP contribution is 2.30. The number of aromatic amines is 1. The minimum absolute atomic E-state index is 0.0930. The van der Waals surface area contributed by atoms with Crippen LogP contribution in [0.4, 0.5) is 0 Å². The van der Waals surface area contributed by atoms with E-state index < -0.39 is 6.04 Å². The second-order valence-electron chi connectivity index (χ2n) is 11.2. The van der Waals surface area contributed by atoms with E-state index in [0.717, 1.165) is 58.8 Å². The van der Waals surface area contributed by atoms with Crippen molar-refractivity contribution < 1.29 is 19.1 Å². The summed E-state index contributed by atoms with van der Waals surface area (Å²) in [6.45, 7) is 2.39. The Morgan fingerprint density at radius 1 is 0.952 bits per heavy atom. The lowest BCUT2D eigenvalue weighted by atomic mass is 9.94. The van der Waals surface area contributed by atoms with Gasteiger partial charge in [-0.3, -0.25) is 9.59 Å². The fraction of sp³-hybridized carbons (Fsp3) is 0.371. The number of amides is 2. The quantitative estimate of drug-likeness (QED) is 0.223.